The highest BCUT2D eigenvalue weighted by molar-refractivity contribution is 6.16. The first-order chi connectivity index (χ1) is 18.7. The summed E-state index contributed by atoms with van der Waals surface area (Å²) in [6.45, 7) is 25.2. The largest absolute Gasteiger partial charge is 0.293 e. The predicted molar refractivity (Wildman–Crippen MR) is 167 cm³/mol. The average Bonchev–Trinajstić information content (AvgIpc) is 2.86. The van der Waals surface area contributed by atoms with Crippen molar-refractivity contribution in [3.8, 4) is 11.1 Å². The van der Waals surface area contributed by atoms with E-state index >= 15 is 0 Å². The molecule has 0 saturated heterocycles. The van der Waals surface area contributed by atoms with Crippen LogP contribution in [0.15, 0.2) is 83.0 Å². The van der Waals surface area contributed by atoms with Crippen LogP contribution in [0.4, 0.5) is 0 Å². The Labute approximate surface area is 241 Å². The molecule has 0 amide bonds. The van der Waals surface area contributed by atoms with Gasteiger partial charge in [-0.3, -0.25) is 9.59 Å². The molecule has 3 aliphatic rings. The molecule has 2 aromatic rings. The van der Waals surface area contributed by atoms with Crippen molar-refractivity contribution in [1.29, 1.82) is 0 Å². The van der Waals surface area contributed by atoms with Gasteiger partial charge in [-0.05, 0) is 106 Å². The van der Waals surface area contributed by atoms with Gasteiger partial charge in [0.15, 0.2) is 11.6 Å². The lowest BCUT2D eigenvalue weighted by atomic mass is 9.42. The third kappa shape index (κ3) is 3.90. The van der Waals surface area contributed by atoms with E-state index in [2.05, 4.69) is 91.1 Å². The number of hydrogen-bond acceptors (Lipinski definition) is 2. The molecule has 0 N–H and O–H groups in total. The average molecular weight is 533 g/mol. The molecule has 0 bridgehead atoms. The quantitative estimate of drug-likeness (QED) is 0.359. The third-order valence-electron chi connectivity index (χ3n) is 10.7. The van der Waals surface area contributed by atoms with Crippen molar-refractivity contribution in [3.63, 3.8) is 0 Å². The molecule has 2 aromatic carbocycles. The van der Waals surface area contributed by atoms with Gasteiger partial charge in [-0.25, -0.2) is 0 Å². The zero-order valence-electron chi connectivity index (χ0n) is 25.7. The summed E-state index contributed by atoms with van der Waals surface area (Å²) in [6, 6.07) is 13.1. The summed E-state index contributed by atoms with van der Waals surface area (Å²) in [4.78, 5) is 28.8. The fraction of sp³-hybridized carbons (Fsp3) is 0.421. The molecular formula is C38H44O2. The minimum absolute atomic E-state index is 0.107. The van der Waals surface area contributed by atoms with Crippen molar-refractivity contribution < 1.29 is 9.59 Å². The number of fused-ring (bicyclic) bond motifs is 3. The van der Waals surface area contributed by atoms with Crippen molar-refractivity contribution in [2.75, 3.05) is 0 Å². The first kappa shape index (κ1) is 28.3. The summed E-state index contributed by atoms with van der Waals surface area (Å²) in [5, 5.41) is 0. The van der Waals surface area contributed by atoms with Gasteiger partial charge in [0, 0.05) is 22.1 Å². The summed E-state index contributed by atoms with van der Waals surface area (Å²) in [6.07, 6.45) is 4.30. The molecular weight excluding hydrogens is 488 g/mol. The Hall–Kier alpha value is -3.26. The first-order valence-corrected chi connectivity index (χ1v) is 14.7. The zero-order valence-corrected chi connectivity index (χ0v) is 25.7. The standard InChI is InChI=1S/C38H44O2/c1-11-23(4)18-27-13-15-28(16-14-27)29-17-12-24(5)32-30(29)20-36(8)21-37(9)19-25(6)31(22(2)3)35(40)38(37,10)26(7)33(36)34(32)39/h12-17H,2,4,11,18-21H2,1,3,5-10H3/t36-,37+,38+/m1/s1. The number of carbonyl (C=O) groups is 2. The van der Waals surface area contributed by atoms with Crippen LogP contribution in [0.3, 0.4) is 0 Å². The fourth-order valence-corrected chi connectivity index (χ4v) is 8.50. The third-order valence-corrected chi connectivity index (χ3v) is 10.7. The number of benzene rings is 2. The van der Waals surface area contributed by atoms with Crippen LogP contribution in [0.5, 0.6) is 0 Å². The lowest BCUT2D eigenvalue weighted by molar-refractivity contribution is -0.132. The topological polar surface area (TPSA) is 34.1 Å². The highest BCUT2D eigenvalue weighted by atomic mass is 16.1. The second kappa shape index (κ2) is 9.40. The van der Waals surface area contributed by atoms with Crippen LogP contribution < -0.4 is 0 Å². The Morgan fingerprint density at radius 2 is 1.57 bits per heavy atom. The molecule has 0 aliphatic heterocycles. The molecule has 0 unspecified atom stereocenters. The normalized spacial score (nSPS) is 27.8. The molecule has 0 radical (unpaired) electrons. The van der Waals surface area contributed by atoms with Gasteiger partial charge in [-0.1, -0.05) is 87.0 Å². The molecule has 2 heteroatoms. The number of Topliss-reactive ketones (excluding diaryl/α,β-unsaturated/α-hetero) is 2. The van der Waals surface area contributed by atoms with Crippen LogP contribution in [0.2, 0.25) is 0 Å². The SMILES string of the molecule is C=C(CC)Cc1ccc(-c2ccc(C)c3c2C[C@]2(C)C[C@]4(C)CC(C)=C(C(=C)C)C(=O)[C@]4(C)C(C)=C2C3=O)cc1. The molecule has 208 valence electrons. The second-order valence-electron chi connectivity index (χ2n) is 13.6. The van der Waals surface area contributed by atoms with Gasteiger partial charge < -0.3 is 0 Å². The van der Waals surface area contributed by atoms with Crippen molar-refractivity contribution in [2.24, 2.45) is 16.2 Å². The monoisotopic (exact) mass is 532 g/mol. The molecule has 0 heterocycles. The van der Waals surface area contributed by atoms with Crippen LogP contribution in [0, 0.1) is 23.2 Å². The first-order valence-electron chi connectivity index (χ1n) is 14.7. The van der Waals surface area contributed by atoms with Crippen molar-refractivity contribution >= 4 is 11.6 Å². The van der Waals surface area contributed by atoms with E-state index in [1.807, 2.05) is 13.8 Å². The Kier molecular flexibility index (Phi) is 6.64. The van der Waals surface area contributed by atoms with E-state index in [4.69, 9.17) is 0 Å². The maximum absolute atomic E-state index is 14.6. The highest BCUT2D eigenvalue weighted by Gasteiger charge is 2.62. The van der Waals surface area contributed by atoms with Crippen LogP contribution in [0.25, 0.3) is 11.1 Å². The van der Waals surface area contributed by atoms with Crippen molar-refractivity contribution in [2.45, 2.75) is 87.5 Å². The maximum Gasteiger partial charge on any atom is 0.190 e. The lowest BCUT2D eigenvalue weighted by Crippen LogP contribution is -2.56. The Bertz CT molecular complexity index is 1560. The van der Waals surface area contributed by atoms with Gasteiger partial charge in [0.1, 0.15) is 0 Å². The number of allylic oxidation sites excluding steroid dienone is 6. The Balaban J connectivity index is 1.67. The summed E-state index contributed by atoms with van der Waals surface area (Å²) >= 11 is 0. The Morgan fingerprint density at radius 1 is 0.925 bits per heavy atom. The number of aryl methyl sites for hydroxylation is 1. The van der Waals surface area contributed by atoms with Gasteiger partial charge in [0.25, 0.3) is 0 Å². The van der Waals surface area contributed by atoms with Gasteiger partial charge in [-0.15, -0.1) is 0 Å². The smallest absolute Gasteiger partial charge is 0.190 e. The Morgan fingerprint density at radius 3 is 2.17 bits per heavy atom. The molecule has 0 spiro atoms. The van der Waals surface area contributed by atoms with Gasteiger partial charge in [0.05, 0.1) is 5.41 Å². The summed E-state index contributed by atoms with van der Waals surface area (Å²) < 4.78 is 0. The minimum Gasteiger partial charge on any atom is -0.293 e. The van der Waals surface area contributed by atoms with E-state index in [0.29, 0.717) is 0 Å². The summed E-state index contributed by atoms with van der Waals surface area (Å²) in [7, 11) is 0. The van der Waals surface area contributed by atoms with E-state index < -0.39 is 5.41 Å². The predicted octanol–water partition coefficient (Wildman–Crippen LogP) is 9.51. The highest BCUT2D eigenvalue weighted by Crippen LogP contribution is 2.66. The lowest BCUT2D eigenvalue weighted by Gasteiger charge is -2.59. The summed E-state index contributed by atoms with van der Waals surface area (Å²) in [5.74, 6) is 0.240. The van der Waals surface area contributed by atoms with E-state index in [9.17, 15) is 9.59 Å². The number of hydrogen-bond donors (Lipinski definition) is 0. The van der Waals surface area contributed by atoms with E-state index in [0.717, 1.165) is 87.8 Å². The molecule has 3 atom stereocenters. The van der Waals surface area contributed by atoms with Crippen LogP contribution in [-0.2, 0) is 17.6 Å². The van der Waals surface area contributed by atoms with E-state index in [1.165, 1.54) is 11.1 Å². The zero-order chi connectivity index (χ0) is 29.4. The molecule has 5 rings (SSSR count). The van der Waals surface area contributed by atoms with Gasteiger partial charge in [-0.2, -0.15) is 0 Å². The van der Waals surface area contributed by atoms with Gasteiger partial charge in [0.2, 0.25) is 0 Å². The fourth-order valence-electron chi connectivity index (χ4n) is 8.50. The van der Waals surface area contributed by atoms with Gasteiger partial charge >= 0.3 is 0 Å². The van der Waals surface area contributed by atoms with Crippen molar-refractivity contribution in [1.82, 2.24) is 0 Å². The van der Waals surface area contributed by atoms with Crippen molar-refractivity contribution in [3.05, 3.63) is 105 Å². The minimum atomic E-state index is -0.730. The van der Waals surface area contributed by atoms with E-state index in [-0.39, 0.29) is 22.4 Å². The molecule has 0 fully saturated rings. The number of rotatable bonds is 5. The van der Waals surface area contributed by atoms with Crippen LogP contribution >= 0.6 is 0 Å². The molecule has 0 saturated carbocycles. The number of ketones is 2. The summed E-state index contributed by atoms with van der Waals surface area (Å²) in [5.41, 5.74) is 11.0. The molecule has 0 aromatic heterocycles. The van der Waals surface area contributed by atoms with Crippen LogP contribution in [0.1, 0.15) is 94.8 Å². The maximum atomic E-state index is 14.6. The molecule has 3 aliphatic carbocycles. The molecule has 2 nitrogen and oxygen atoms in total. The van der Waals surface area contributed by atoms with Crippen LogP contribution in [-0.4, -0.2) is 11.6 Å². The molecule has 40 heavy (non-hydrogen) atoms. The van der Waals surface area contributed by atoms with E-state index in [1.54, 1.807) is 0 Å². The second-order valence-corrected chi connectivity index (χ2v) is 13.6. The number of carbonyl (C=O) groups excluding carboxylic acids is 2.